The number of morpholine rings is 1. The van der Waals surface area contributed by atoms with Crippen LogP contribution in [0.25, 0.3) is 0 Å². The number of rotatable bonds is 5. The molecule has 0 aromatic carbocycles. The van der Waals surface area contributed by atoms with Gasteiger partial charge in [0.1, 0.15) is 4.21 Å². The zero-order chi connectivity index (χ0) is 16.5. The Bertz CT molecular complexity index is 600. The SMILES string of the molecule is Cc1ccc(S(=O)(=O)NCC(C)(C)N2C[C@@H](C)O[C@H](C)C2)s1. The molecular formula is C15H26N2O3S2. The Hall–Kier alpha value is -0.470. The van der Waals surface area contributed by atoms with E-state index < -0.39 is 10.0 Å². The first kappa shape index (κ1) is 17.9. The quantitative estimate of drug-likeness (QED) is 0.888. The average molecular weight is 347 g/mol. The summed E-state index contributed by atoms with van der Waals surface area (Å²) in [4.78, 5) is 3.30. The number of ether oxygens (including phenoxy) is 1. The van der Waals surface area contributed by atoms with Gasteiger partial charge in [-0.2, -0.15) is 0 Å². The summed E-state index contributed by atoms with van der Waals surface area (Å²) in [5.41, 5.74) is -0.258. The highest BCUT2D eigenvalue weighted by Crippen LogP contribution is 2.23. The zero-order valence-corrected chi connectivity index (χ0v) is 15.6. The van der Waals surface area contributed by atoms with Crippen LogP contribution in [0.2, 0.25) is 0 Å². The predicted octanol–water partition coefficient (Wildman–Crippen LogP) is 2.22. The van der Waals surface area contributed by atoms with Gasteiger partial charge >= 0.3 is 0 Å². The van der Waals surface area contributed by atoms with Gasteiger partial charge in [0.25, 0.3) is 0 Å². The fourth-order valence-corrected chi connectivity index (χ4v) is 5.22. The Balaban J connectivity index is 2.03. The molecular weight excluding hydrogens is 320 g/mol. The van der Waals surface area contributed by atoms with Gasteiger partial charge in [-0.3, -0.25) is 4.90 Å². The topological polar surface area (TPSA) is 58.6 Å². The number of aryl methyl sites for hydroxylation is 1. The van der Waals surface area contributed by atoms with Crippen LogP contribution in [-0.2, 0) is 14.8 Å². The summed E-state index contributed by atoms with van der Waals surface area (Å²) in [7, 11) is -3.43. The van der Waals surface area contributed by atoms with Gasteiger partial charge < -0.3 is 4.74 Å². The summed E-state index contributed by atoms with van der Waals surface area (Å²) in [6, 6.07) is 3.49. The molecule has 1 aromatic rings. The molecule has 2 heterocycles. The lowest BCUT2D eigenvalue weighted by atomic mass is 10.0. The van der Waals surface area contributed by atoms with E-state index in [1.807, 2.05) is 13.0 Å². The molecule has 1 N–H and O–H groups in total. The maximum absolute atomic E-state index is 12.4. The Labute approximate surface area is 137 Å². The van der Waals surface area contributed by atoms with Crippen molar-refractivity contribution in [3.8, 4) is 0 Å². The molecule has 5 nitrogen and oxygen atoms in total. The van der Waals surface area contributed by atoms with Crippen molar-refractivity contribution in [1.29, 1.82) is 0 Å². The number of nitrogens with zero attached hydrogens (tertiary/aromatic N) is 1. The maximum atomic E-state index is 12.4. The lowest BCUT2D eigenvalue weighted by Crippen LogP contribution is -2.58. The van der Waals surface area contributed by atoms with Crippen LogP contribution in [0, 0.1) is 6.92 Å². The third-order valence-electron chi connectivity index (χ3n) is 3.95. The van der Waals surface area contributed by atoms with Crippen LogP contribution in [0.5, 0.6) is 0 Å². The first-order chi connectivity index (χ1) is 10.1. The summed E-state index contributed by atoms with van der Waals surface area (Å²) < 4.78 is 33.6. The van der Waals surface area contributed by atoms with E-state index >= 15 is 0 Å². The Morgan fingerprint density at radius 2 is 1.91 bits per heavy atom. The van der Waals surface area contributed by atoms with Crippen LogP contribution in [0.1, 0.15) is 32.6 Å². The molecule has 2 rings (SSSR count). The third-order valence-corrected chi connectivity index (χ3v) is 6.84. The molecule has 1 fully saturated rings. The molecule has 0 spiro atoms. The minimum absolute atomic E-state index is 0.166. The van der Waals surface area contributed by atoms with E-state index in [0.717, 1.165) is 18.0 Å². The van der Waals surface area contributed by atoms with Gasteiger partial charge in [0.2, 0.25) is 10.0 Å². The molecule has 0 amide bonds. The van der Waals surface area contributed by atoms with Crippen LogP contribution >= 0.6 is 11.3 Å². The van der Waals surface area contributed by atoms with Crippen LogP contribution in [-0.4, -0.2) is 50.7 Å². The predicted molar refractivity (Wildman–Crippen MR) is 89.9 cm³/mol. The second-order valence-electron chi connectivity index (χ2n) is 6.66. The standard InChI is InChI=1S/C15H26N2O3S2/c1-11-8-17(9-12(2)20-11)15(4,5)10-16-22(18,19)14-7-6-13(3)21-14/h6-7,11-12,16H,8-10H2,1-5H3/t11-,12-/m1/s1. The van der Waals surface area contributed by atoms with Gasteiger partial charge in [0, 0.05) is 30.1 Å². The molecule has 2 atom stereocenters. The van der Waals surface area contributed by atoms with Crippen LogP contribution in [0.15, 0.2) is 16.3 Å². The van der Waals surface area contributed by atoms with E-state index in [9.17, 15) is 8.42 Å². The van der Waals surface area contributed by atoms with Gasteiger partial charge in [0.15, 0.2) is 0 Å². The van der Waals surface area contributed by atoms with Crippen LogP contribution in [0.3, 0.4) is 0 Å². The normalized spacial score (nSPS) is 24.6. The van der Waals surface area contributed by atoms with Crippen molar-refractivity contribution in [3.63, 3.8) is 0 Å². The largest absolute Gasteiger partial charge is 0.373 e. The number of thiophene rings is 1. The highest BCUT2D eigenvalue weighted by atomic mass is 32.2. The fourth-order valence-electron chi connectivity index (χ4n) is 2.68. The molecule has 0 saturated carbocycles. The van der Waals surface area contributed by atoms with Crippen molar-refractivity contribution >= 4 is 21.4 Å². The molecule has 1 aromatic heterocycles. The molecule has 7 heteroatoms. The summed E-state index contributed by atoms with van der Waals surface area (Å²) >= 11 is 1.30. The maximum Gasteiger partial charge on any atom is 0.250 e. The van der Waals surface area contributed by atoms with E-state index in [1.165, 1.54) is 11.3 Å². The third kappa shape index (κ3) is 4.29. The van der Waals surface area contributed by atoms with Crippen molar-refractivity contribution in [2.24, 2.45) is 0 Å². The summed E-state index contributed by atoms with van der Waals surface area (Å²) in [5, 5.41) is 0. The van der Waals surface area contributed by atoms with E-state index in [0.29, 0.717) is 10.8 Å². The minimum atomic E-state index is -3.43. The first-order valence-electron chi connectivity index (χ1n) is 7.57. The van der Waals surface area contributed by atoms with Crippen molar-refractivity contribution in [1.82, 2.24) is 9.62 Å². The molecule has 22 heavy (non-hydrogen) atoms. The smallest absolute Gasteiger partial charge is 0.250 e. The van der Waals surface area contributed by atoms with Crippen LogP contribution in [0.4, 0.5) is 0 Å². The lowest BCUT2D eigenvalue weighted by molar-refractivity contribution is -0.0945. The number of hydrogen-bond donors (Lipinski definition) is 1. The van der Waals surface area contributed by atoms with Gasteiger partial charge in [-0.25, -0.2) is 13.1 Å². The lowest BCUT2D eigenvalue weighted by Gasteiger charge is -2.45. The van der Waals surface area contributed by atoms with Crippen molar-refractivity contribution in [3.05, 3.63) is 17.0 Å². The Kier molecular flexibility index (Phi) is 5.34. The highest BCUT2D eigenvalue weighted by Gasteiger charge is 2.34. The van der Waals surface area contributed by atoms with E-state index in [1.54, 1.807) is 6.07 Å². The highest BCUT2D eigenvalue weighted by molar-refractivity contribution is 7.91. The van der Waals surface area contributed by atoms with Gasteiger partial charge in [0.05, 0.1) is 12.2 Å². The molecule has 1 aliphatic heterocycles. The van der Waals surface area contributed by atoms with Crippen molar-refractivity contribution < 1.29 is 13.2 Å². The summed E-state index contributed by atoms with van der Waals surface area (Å²) in [6.07, 6.45) is 0.333. The summed E-state index contributed by atoms with van der Waals surface area (Å²) in [6.45, 7) is 12.2. The second kappa shape index (κ2) is 6.57. The van der Waals surface area contributed by atoms with E-state index in [-0.39, 0.29) is 17.7 Å². The molecule has 1 aliphatic rings. The Morgan fingerprint density at radius 1 is 1.32 bits per heavy atom. The Morgan fingerprint density at radius 3 is 2.41 bits per heavy atom. The van der Waals surface area contributed by atoms with Crippen molar-refractivity contribution in [2.75, 3.05) is 19.6 Å². The molecule has 0 aliphatic carbocycles. The number of hydrogen-bond acceptors (Lipinski definition) is 5. The number of sulfonamides is 1. The molecule has 0 unspecified atom stereocenters. The van der Waals surface area contributed by atoms with E-state index in [4.69, 9.17) is 4.74 Å². The minimum Gasteiger partial charge on any atom is -0.373 e. The van der Waals surface area contributed by atoms with Gasteiger partial charge in [-0.15, -0.1) is 11.3 Å². The second-order valence-corrected chi connectivity index (χ2v) is 9.95. The molecule has 126 valence electrons. The summed E-state index contributed by atoms with van der Waals surface area (Å²) in [5.74, 6) is 0. The average Bonchev–Trinajstić information content (AvgIpc) is 2.83. The monoisotopic (exact) mass is 346 g/mol. The molecule has 0 radical (unpaired) electrons. The van der Waals surface area contributed by atoms with Gasteiger partial charge in [-0.1, -0.05) is 0 Å². The van der Waals surface area contributed by atoms with Crippen LogP contribution < -0.4 is 4.72 Å². The van der Waals surface area contributed by atoms with Crippen molar-refractivity contribution in [2.45, 2.75) is 56.6 Å². The molecule has 0 bridgehead atoms. The fraction of sp³-hybridized carbons (Fsp3) is 0.733. The molecule has 1 saturated heterocycles. The van der Waals surface area contributed by atoms with E-state index in [2.05, 4.69) is 37.3 Å². The van der Waals surface area contributed by atoms with Gasteiger partial charge in [-0.05, 0) is 46.8 Å². The first-order valence-corrected chi connectivity index (χ1v) is 9.87. The zero-order valence-electron chi connectivity index (χ0n) is 13.9. The number of nitrogens with one attached hydrogen (secondary N) is 1.